The highest BCUT2D eigenvalue weighted by Gasteiger charge is 2.28. The van der Waals surface area contributed by atoms with Gasteiger partial charge in [0.1, 0.15) is 0 Å². The highest BCUT2D eigenvalue weighted by molar-refractivity contribution is 5.24. The van der Waals surface area contributed by atoms with Crippen molar-refractivity contribution in [3.05, 3.63) is 48.6 Å². The number of hydrogen-bond donors (Lipinski definition) is 1. The summed E-state index contributed by atoms with van der Waals surface area (Å²) in [5.41, 5.74) is 1.40. The van der Waals surface area contributed by atoms with Gasteiger partial charge in [-0.3, -0.25) is 0 Å². The van der Waals surface area contributed by atoms with Crippen molar-refractivity contribution in [1.29, 1.82) is 0 Å². The molecule has 1 aliphatic carbocycles. The highest BCUT2D eigenvalue weighted by atomic mass is 15.0. The normalized spacial score (nSPS) is 20.3. The van der Waals surface area contributed by atoms with E-state index in [1.54, 1.807) is 0 Å². The summed E-state index contributed by atoms with van der Waals surface area (Å²) in [5, 5.41) is 3.88. The van der Waals surface area contributed by atoms with Gasteiger partial charge < -0.3 is 5.32 Å². The molecule has 98 valence electrons. The largest absolute Gasteiger partial charge is 0.305 e. The van der Waals surface area contributed by atoms with E-state index in [9.17, 15) is 0 Å². The summed E-state index contributed by atoms with van der Waals surface area (Å²) in [4.78, 5) is 0. The Labute approximate surface area is 111 Å². The average Bonchev–Trinajstić information content (AvgIpc) is 2.41. The molecular weight excluding hydrogens is 218 g/mol. The minimum atomic E-state index is 0.0328. The molecule has 0 saturated heterocycles. The van der Waals surface area contributed by atoms with Crippen LogP contribution in [0.1, 0.15) is 51.0 Å². The molecule has 1 atom stereocenters. The Morgan fingerprint density at radius 3 is 2.50 bits per heavy atom. The summed E-state index contributed by atoms with van der Waals surface area (Å²) in [6.07, 6.45) is 9.80. The Kier molecular flexibility index (Phi) is 4.60. The van der Waals surface area contributed by atoms with Gasteiger partial charge in [0.25, 0.3) is 0 Å². The van der Waals surface area contributed by atoms with E-state index in [1.165, 1.54) is 37.7 Å². The smallest absolute Gasteiger partial charge is 0.0442 e. The van der Waals surface area contributed by atoms with Crippen LogP contribution < -0.4 is 5.32 Å². The predicted octanol–water partition coefficient (Wildman–Crippen LogP) is 4.40. The lowest BCUT2D eigenvalue weighted by molar-refractivity contribution is 0.267. The van der Waals surface area contributed by atoms with Crippen LogP contribution in [0.5, 0.6) is 0 Å². The van der Waals surface area contributed by atoms with Crippen molar-refractivity contribution in [3.8, 4) is 0 Å². The van der Waals surface area contributed by atoms with Crippen molar-refractivity contribution in [2.75, 3.05) is 0 Å². The van der Waals surface area contributed by atoms with Crippen LogP contribution >= 0.6 is 0 Å². The molecule has 2 rings (SSSR count). The molecule has 1 aromatic rings. The van der Waals surface area contributed by atoms with Gasteiger partial charge in [-0.05, 0) is 31.7 Å². The molecule has 1 nitrogen and oxygen atoms in total. The van der Waals surface area contributed by atoms with Gasteiger partial charge in [-0.15, -0.1) is 6.58 Å². The van der Waals surface area contributed by atoms with Gasteiger partial charge in [0, 0.05) is 11.6 Å². The van der Waals surface area contributed by atoms with E-state index < -0.39 is 0 Å². The molecule has 0 aliphatic heterocycles. The van der Waals surface area contributed by atoms with Crippen LogP contribution in [0, 0.1) is 0 Å². The maximum absolute atomic E-state index is 3.92. The number of rotatable bonds is 5. The quantitative estimate of drug-likeness (QED) is 0.756. The third-order valence-corrected chi connectivity index (χ3v) is 4.09. The van der Waals surface area contributed by atoms with Gasteiger partial charge >= 0.3 is 0 Å². The molecular formula is C17H25N. The molecule has 1 saturated carbocycles. The maximum Gasteiger partial charge on any atom is 0.0442 e. The van der Waals surface area contributed by atoms with Gasteiger partial charge in [0.05, 0.1) is 0 Å². The monoisotopic (exact) mass is 243 g/mol. The van der Waals surface area contributed by atoms with Crippen LogP contribution in [-0.4, -0.2) is 6.04 Å². The Morgan fingerprint density at radius 2 is 1.89 bits per heavy atom. The Balaban J connectivity index is 2.12. The molecule has 1 fully saturated rings. The fraction of sp³-hybridized carbons (Fsp3) is 0.529. The molecule has 1 N–H and O–H groups in total. The van der Waals surface area contributed by atoms with Crippen LogP contribution in [0.2, 0.25) is 0 Å². The fourth-order valence-electron chi connectivity index (χ4n) is 3.05. The van der Waals surface area contributed by atoms with E-state index in [0.29, 0.717) is 6.04 Å². The molecule has 0 spiro atoms. The van der Waals surface area contributed by atoms with Gasteiger partial charge in [-0.25, -0.2) is 0 Å². The number of nitrogens with one attached hydrogen (secondary N) is 1. The molecule has 1 aromatic carbocycles. The van der Waals surface area contributed by atoms with Crippen LogP contribution in [0.4, 0.5) is 0 Å². The maximum atomic E-state index is 3.92. The van der Waals surface area contributed by atoms with Gasteiger partial charge in [-0.2, -0.15) is 0 Å². The molecule has 0 amide bonds. The predicted molar refractivity (Wildman–Crippen MR) is 78.6 cm³/mol. The Hall–Kier alpha value is -1.08. The lowest BCUT2D eigenvalue weighted by atomic mass is 9.85. The molecule has 0 unspecified atom stereocenters. The first kappa shape index (κ1) is 13.4. The minimum Gasteiger partial charge on any atom is -0.305 e. The first-order valence-electron chi connectivity index (χ1n) is 7.19. The van der Waals surface area contributed by atoms with Crippen molar-refractivity contribution >= 4 is 0 Å². The molecule has 1 heteroatoms. The van der Waals surface area contributed by atoms with Crippen molar-refractivity contribution in [2.45, 2.75) is 57.0 Å². The van der Waals surface area contributed by atoms with Gasteiger partial charge in [0.2, 0.25) is 0 Å². The fourth-order valence-corrected chi connectivity index (χ4v) is 3.05. The number of benzene rings is 1. The van der Waals surface area contributed by atoms with Crippen molar-refractivity contribution in [3.63, 3.8) is 0 Å². The van der Waals surface area contributed by atoms with Crippen molar-refractivity contribution in [2.24, 2.45) is 0 Å². The molecule has 1 aliphatic rings. The zero-order valence-corrected chi connectivity index (χ0v) is 11.5. The number of hydrogen-bond acceptors (Lipinski definition) is 1. The molecule has 0 aromatic heterocycles. The van der Waals surface area contributed by atoms with Crippen LogP contribution in [-0.2, 0) is 5.54 Å². The second-order valence-electron chi connectivity index (χ2n) is 5.67. The third-order valence-electron chi connectivity index (χ3n) is 4.09. The van der Waals surface area contributed by atoms with Crippen molar-refractivity contribution < 1.29 is 0 Å². The second-order valence-corrected chi connectivity index (χ2v) is 5.67. The zero-order valence-electron chi connectivity index (χ0n) is 11.5. The Morgan fingerprint density at radius 1 is 1.22 bits per heavy atom. The van der Waals surface area contributed by atoms with Gasteiger partial charge in [0.15, 0.2) is 0 Å². The van der Waals surface area contributed by atoms with E-state index in [2.05, 4.69) is 49.2 Å². The van der Waals surface area contributed by atoms with E-state index >= 15 is 0 Å². The SMILES string of the molecule is C=CC[C@@](C)(NC1CCCCC1)c1ccccc1. The lowest BCUT2D eigenvalue weighted by Gasteiger charge is -2.36. The molecule has 18 heavy (non-hydrogen) atoms. The average molecular weight is 243 g/mol. The third kappa shape index (κ3) is 3.23. The van der Waals surface area contributed by atoms with Crippen LogP contribution in [0.25, 0.3) is 0 Å². The van der Waals surface area contributed by atoms with Crippen molar-refractivity contribution in [1.82, 2.24) is 5.32 Å². The Bertz CT molecular complexity index is 364. The van der Waals surface area contributed by atoms with Crippen LogP contribution in [0.15, 0.2) is 43.0 Å². The second kappa shape index (κ2) is 6.19. The summed E-state index contributed by atoms with van der Waals surface area (Å²) >= 11 is 0. The molecule has 0 bridgehead atoms. The van der Waals surface area contributed by atoms with E-state index in [-0.39, 0.29) is 5.54 Å². The lowest BCUT2D eigenvalue weighted by Crippen LogP contribution is -2.46. The molecule has 0 radical (unpaired) electrons. The summed E-state index contributed by atoms with van der Waals surface area (Å²) in [6.45, 7) is 6.23. The summed E-state index contributed by atoms with van der Waals surface area (Å²) in [5.74, 6) is 0. The minimum absolute atomic E-state index is 0.0328. The summed E-state index contributed by atoms with van der Waals surface area (Å²) in [6, 6.07) is 11.4. The first-order chi connectivity index (χ1) is 8.74. The van der Waals surface area contributed by atoms with Crippen LogP contribution in [0.3, 0.4) is 0 Å². The van der Waals surface area contributed by atoms with E-state index in [1.807, 2.05) is 6.08 Å². The summed E-state index contributed by atoms with van der Waals surface area (Å²) in [7, 11) is 0. The standard InChI is InChI=1S/C17H25N/c1-3-14-17(2,15-10-6-4-7-11-15)18-16-12-8-5-9-13-16/h3-4,6-7,10-11,16,18H,1,5,8-9,12-14H2,2H3/t17-/m1/s1. The summed E-state index contributed by atoms with van der Waals surface area (Å²) < 4.78 is 0. The van der Waals surface area contributed by atoms with Gasteiger partial charge in [-0.1, -0.05) is 55.7 Å². The van der Waals surface area contributed by atoms with E-state index in [4.69, 9.17) is 0 Å². The van der Waals surface area contributed by atoms with E-state index in [0.717, 1.165) is 6.42 Å². The topological polar surface area (TPSA) is 12.0 Å². The zero-order chi connectivity index (χ0) is 12.8. The molecule has 0 heterocycles. The highest BCUT2D eigenvalue weighted by Crippen LogP contribution is 2.28. The first-order valence-corrected chi connectivity index (χ1v) is 7.19.